The van der Waals surface area contributed by atoms with Crippen LogP contribution in [0.4, 0.5) is 5.69 Å². The van der Waals surface area contributed by atoms with Crippen molar-refractivity contribution in [2.24, 2.45) is 0 Å². The van der Waals surface area contributed by atoms with Gasteiger partial charge in [-0.05, 0) is 17.7 Å². The van der Waals surface area contributed by atoms with Gasteiger partial charge in [-0.3, -0.25) is 9.59 Å². The van der Waals surface area contributed by atoms with E-state index in [0.717, 1.165) is 31.7 Å². The standard InChI is InChI=1S/C22H27N3O2/c1-19(26)25(18-20-8-4-2-5-9-20)13-12-22(27)24-16-14-23(15-17-24)21-10-6-3-7-11-21/h2-11H,12-18H2,1H3. The molecule has 2 amide bonds. The lowest BCUT2D eigenvalue weighted by atomic mass is 10.2. The average molecular weight is 365 g/mol. The average Bonchev–Trinajstić information content (AvgIpc) is 2.72. The zero-order chi connectivity index (χ0) is 19.1. The molecule has 142 valence electrons. The third kappa shape index (κ3) is 5.33. The molecule has 5 nitrogen and oxygen atoms in total. The van der Waals surface area contributed by atoms with Gasteiger partial charge in [-0.2, -0.15) is 0 Å². The van der Waals surface area contributed by atoms with Gasteiger partial charge in [0.15, 0.2) is 0 Å². The lowest BCUT2D eigenvalue weighted by molar-refractivity contribution is -0.134. The molecule has 0 aliphatic carbocycles. The molecule has 0 atom stereocenters. The van der Waals surface area contributed by atoms with Crippen LogP contribution in [0.2, 0.25) is 0 Å². The zero-order valence-electron chi connectivity index (χ0n) is 15.9. The zero-order valence-corrected chi connectivity index (χ0v) is 15.9. The van der Waals surface area contributed by atoms with E-state index in [2.05, 4.69) is 17.0 Å². The summed E-state index contributed by atoms with van der Waals surface area (Å²) >= 11 is 0. The fourth-order valence-electron chi connectivity index (χ4n) is 3.39. The summed E-state index contributed by atoms with van der Waals surface area (Å²) in [6, 6.07) is 20.2. The van der Waals surface area contributed by atoms with Crippen molar-refractivity contribution in [3.05, 3.63) is 66.2 Å². The fourth-order valence-corrected chi connectivity index (χ4v) is 3.39. The molecule has 0 bridgehead atoms. The lowest BCUT2D eigenvalue weighted by Gasteiger charge is -2.36. The Kier molecular flexibility index (Phi) is 6.47. The van der Waals surface area contributed by atoms with Crippen LogP contribution < -0.4 is 4.90 Å². The van der Waals surface area contributed by atoms with E-state index in [1.54, 1.807) is 11.8 Å². The van der Waals surface area contributed by atoms with Gasteiger partial charge in [-0.1, -0.05) is 48.5 Å². The second-order valence-electron chi connectivity index (χ2n) is 6.88. The van der Waals surface area contributed by atoms with Crippen molar-refractivity contribution in [2.45, 2.75) is 19.9 Å². The monoisotopic (exact) mass is 365 g/mol. The van der Waals surface area contributed by atoms with E-state index in [9.17, 15) is 9.59 Å². The summed E-state index contributed by atoms with van der Waals surface area (Å²) in [4.78, 5) is 30.5. The summed E-state index contributed by atoms with van der Waals surface area (Å²) in [7, 11) is 0. The number of piperazine rings is 1. The topological polar surface area (TPSA) is 43.9 Å². The Balaban J connectivity index is 1.48. The van der Waals surface area contributed by atoms with Gasteiger partial charge in [0.05, 0.1) is 0 Å². The maximum absolute atomic E-state index is 12.6. The molecule has 2 aromatic carbocycles. The van der Waals surface area contributed by atoms with E-state index in [0.29, 0.717) is 19.5 Å². The van der Waals surface area contributed by atoms with Crippen LogP contribution in [-0.4, -0.2) is 54.3 Å². The highest BCUT2D eigenvalue weighted by Gasteiger charge is 2.22. The highest BCUT2D eigenvalue weighted by atomic mass is 16.2. The van der Waals surface area contributed by atoms with Crippen LogP contribution in [0.15, 0.2) is 60.7 Å². The Labute approximate surface area is 161 Å². The quantitative estimate of drug-likeness (QED) is 0.791. The number of anilines is 1. The first-order valence-electron chi connectivity index (χ1n) is 9.50. The normalized spacial score (nSPS) is 14.1. The van der Waals surface area contributed by atoms with Crippen molar-refractivity contribution in [1.82, 2.24) is 9.80 Å². The number of rotatable bonds is 6. The molecule has 2 aromatic rings. The molecule has 0 aromatic heterocycles. The van der Waals surface area contributed by atoms with Gasteiger partial charge in [0, 0.05) is 58.3 Å². The van der Waals surface area contributed by atoms with Gasteiger partial charge >= 0.3 is 0 Å². The molecule has 1 saturated heterocycles. The second-order valence-corrected chi connectivity index (χ2v) is 6.88. The predicted octanol–water partition coefficient (Wildman–Crippen LogP) is 2.77. The summed E-state index contributed by atoms with van der Waals surface area (Å²) in [5, 5.41) is 0. The largest absolute Gasteiger partial charge is 0.368 e. The minimum absolute atomic E-state index is 0.000509. The van der Waals surface area contributed by atoms with E-state index in [1.807, 2.05) is 53.4 Å². The van der Waals surface area contributed by atoms with E-state index in [1.165, 1.54) is 5.69 Å². The van der Waals surface area contributed by atoms with Crippen molar-refractivity contribution < 1.29 is 9.59 Å². The number of nitrogens with zero attached hydrogens (tertiary/aromatic N) is 3. The van der Waals surface area contributed by atoms with Crippen molar-refractivity contribution in [3.8, 4) is 0 Å². The van der Waals surface area contributed by atoms with Gasteiger partial charge in [-0.15, -0.1) is 0 Å². The van der Waals surface area contributed by atoms with Crippen LogP contribution in [0, 0.1) is 0 Å². The summed E-state index contributed by atoms with van der Waals surface area (Å²) in [5.41, 5.74) is 2.28. The van der Waals surface area contributed by atoms with Gasteiger partial charge in [0.1, 0.15) is 0 Å². The molecule has 1 aliphatic heterocycles. The number of carbonyl (C=O) groups excluding carboxylic acids is 2. The SMILES string of the molecule is CC(=O)N(CCC(=O)N1CCN(c2ccccc2)CC1)Cc1ccccc1. The van der Waals surface area contributed by atoms with Gasteiger partial charge < -0.3 is 14.7 Å². The molecule has 0 N–H and O–H groups in total. The van der Waals surface area contributed by atoms with Crippen LogP contribution in [0.5, 0.6) is 0 Å². The van der Waals surface area contributed by atoms with Crippen LogP contribution in [0.3, 0.4) is 0 Å². The van der Waals surface area contributed by atoms with Crippen molar-refractivity contribution >= 4 is 17.5 Å². The van der Waals surface area contributed by atoms with E-state index >= 15 is 0 Å². The highest BCUT2D eigenvalue weighted by Crippen LogP contribution is 2.16. The number of hydrogen-bond donors (Lipinski definition) is 0. The Morgan fingerprint density at radius 3 is 2.07 bits per heavy atom. The third-order valence-corrected chi connectivity index (χ3v) is 5.01. The van der Waals surface area contributed by atoms with E-state index in [4.69, 9.17) is 0 Å². The first-order valence-corrected chi connectivity index (χ1v) is 9.50. The Hall–Kier alpha value is -2.82. The summed E-state index contributed by atoms with van der Waals surface area (Å²) in [6.07, 6.45) is 0.373. The molecule has 0 unspecified atom stereocenters. The molecule has 5 heteroatoms. The molecular formula is C22H27N3O2. The maximum Gasteiger partial charge on any atom is 0.224 e. The minimum Gasteiger partial charge on any atom is -0.368 e. The number of hydrogen-bond acceptors (Lipinski definition) is 3. The second kappa shape index (κ2) is 9.21. The Morgan fingerprint density at radius 1 is 0.889 bits per heavy atom. The van der Waals surface area contributed by atoms with Crippen molar-refractivity contribution in [1.29, 1.82) is 0 Å². The third-order valence-electron chi connectivity index (χ3n) is 5.01. The summed E-state index contributed by atoms with van der Waals surface area (Å²) in [5.74, 6) is 0.127. The van der Waals surface area contributed by atoms with E-state index < -0.39 is 0 Å². The molecule has 0 spiro atoms. The maximum atomic E-state index is 12.6. The molecule has 1 heterocycles. The van der Waals surface area contributed by atoms with Crippen LogP contribution in [0.1, 0.15) is 18.9 Å². The minimum atomic E-state index is 0.000509. The number of para-hydroxylation sites is 1. The number of benzene rings is 2. The Morgan fingerprint density at radius 2 is 1.48 bits per heavy atom. The van der Waals surface area contributed by atoms with Crippen LogP contribution >= 0.6 is 0 Å². The van der Waals surface area contributed by atoms with Gasteiger partial charge in [0.2, 0.25) is 11.8 Å². The lowest BCUT2D eigenvalue weighted by Crippen LogP contribution is -2.49. The number of amides is 2. The smallest absolute Gasteiger partial charge is 0.224 e. The summed E-state index contributed by atoms with van der Waals surface area (Å²) in [6.45, 7) is 5.71. The van der Waals surface area contributed by atoms with Crippen LogP contribution in [0.25, 0.3) is 0 Å². The first kappa shape index (κ1) is 19.0. The molecule has 3 rings (SSSR count). The van der Waals surface area contributed by atoms with Crippen molar-refractivity contribution in [2.75, 3.05) is 37.6 Å². The van der Waals surface area contributed by atoms with E-state index in [-0.39, 0.29) is 11.8 Å². The molecule has 0 saturated carbocycles. The van der Waals surface area contributed by atoms with Crippen LogP contribution in [-0.2, 0) is 16.1 Å². The molecule has 0 radical (unpaired) electrons. The van der Waals surface area contributed by atoms with Crippen molar-refractivity contribution in [3.63, 3.8) is 0 Å². The molecular weight excluding hydrogens is 338 g/mol. The predicted molar refractivity (Wildman–Crippen MR) is 107 cm³/mol. The number of carbonyl (C=O) groups is 2. The molecule has 1 fully saturated rings. The highest BCUT2D eigenvalue weighted by molar-refractivity contribution is 5.78. The molecule has 27 heavy (non-hydrogen) atoms. The molecule has 1 aliphatic rings. The van der Waals surface area contributed by atoms with Gasteiger partial charge in [0.25, 0.3) is 0 Å². The summed E-state index contributed by atoms with van der Waals surface area (Å²) < 4.78 is 0. The van der Waals surface area contributed by atoms with Gasteiger partial charge in [-0.25, -0.2) is 0 Å². The first-order chi connectivity index (χ1) is 13.1. The Bertz CT molecular complexity index is 741. The fraction of sp³-hybridized carbons (Fsp3) is 0.364.